The second-order valence-electron chi connectivity index (χ2n) is 6.07. The van der Waals surface area contributed by atoms with E-state index in [2.05, 4.69) is 5.32 Å². The molecule has 2 aromatic carbocycles. The summed E-state index contributed by atoms with van der Waals surface area (Å²) in [6.07, 6.45) is -5.27. The standard InChI is InChI=1S/C18H14F3IN2O3/c19-18(20,21)17(27)13(15(25)10-6-2-1-3-7-10)14(23-16(26)24-17)11-8-4-5-9-12(11)22/h1-9,13-14,27H,(H2,23,24,26). The van der Waals surface area contributed by atoms with Gasteiger partial charge in [-0.1, -0.05) is 48.5 Å². The number of halogens is 4. The molecule has 1 aliphatic heterocycles. The van der Waals surface area contributed by atoms with Gasteiger partial charge in [0.15, 0.2) is 5.78 Å². The summed E-state index contributed by atoms with van der Waals surface area (Å²) in [6.45, 7) is 0. The largest absolute Gasteiger partial charge is 0.437 e. The van der Waals surface area contributed by atoms with E-state index in [1.54, 1.807) is 24.3 Å². The summed E-state index contributed by atoms with van der Waals surface area (Å²) in [5.41, 5.74) is -3.41. The van der Waals surface area contributed by atoms with Crippen molar-refractivity contribution in [3.8, 4) is 0 Å². The van der Waals surface area contributed by atoms with Crippen molar-refractivity contribution in [2.24, 2.45) is 5.92 Å². The van der Waals surface area contributed by atoms with Crippen LogP contribution in [-0.4, -0.2) is 28.8 Å². The first-order valence-corrected chi connectivity index (χ1v) is 8.94. The lowest BCUT2D eigenvalue weighted by Crippen LogP contribution is -2.72. The van der Waals surface area contributed by atoms with Gasteiger partial charge in [-0.15, -0.1) is 0 Å². The van der Waals surface area contributed by atoms with Crippen molar-refractivity contribution in [1.82, 2.24) is 10.6 Å². The maximum absolute atomic E-state index is 13.8. The van der Waals surface area contributed by atoms with E-state index in [1.165, 1.54) is 35.6 Å². The molecule has 0 saturated carbocycles. The zero-order chi connectivity index (χ0) is 19.8. The minimum absolute atomic E-state index is 0.000867. The Balaban J connectivity index is 2.19. The predicted octanol–water partition coefficient (Wildman–Crippen LogP) is 3.40. The van der Waals surface area contributed by atoms with E-state index in [9.17, 15) is 27.9 Å². The molecule has 0 aliphatic carbocycles. The van der Waals surface area contributed by atoms with Gasteiger partial charge in [-0.25, -0.2) is 4.79 Å². The molecule has 3 rings (SSSR count). The van der Waals surface area contributed by atoms with E-state index in [4.69, 9.17) is 0 Å². The Hall–Kier alpha value is -2.14. The van der Waals surface area contributed by atoms with E-state index in [-0.39, 0.29) is 5.56 Å². The summed E-state index contributed by atoms with van der Waals surface area (Å²) in [4.78, 5) is 24.9. The Morgan fingerprint density at radius 1 is 1.07 bits per heavy atom. The van der Waals surface area contributed by atoms with Crippen molar-refractivity contribution in [1.29, 1.82) is 0 Å². The average Bonchev–Trinajstić information content (AvgIpc) is 2.61. The van der Waals surface area contributed by atoms with Gasteiger partial charge in [-0.2, -0.15) is 13.2 Å². The van der Waals surface area contributed by atoms with Crippen LogP contribution in [0.5, 0.6) is 0 Å². The number of carbonyl (C=O) groups is 2. The van der Waals surface area contributed by atoms with Crippen LogP contribution < -0.4 is 10.6 Å². The molecule has 3 unspecified atom stereocenters. The fraction of sp³-hybridized carbons (Fsp3) is 0.222. The quantitative estimate of drug-likeness (QED) is 0.456. The van der Waals surface area contributed by atoms with Crippen molar-refractivity contribution in [3.05, 3.63) is 69.3 Å². The third-order valence-corrected chi connectivity index (χ3v) is 5.37. The number of rotatable bonds is 3. The minimum Gasteiger partial charge on any atom is -0.363 e. The van der Waals surface area contributed by atoms with Crippen molar-refractivity contribution < 1.29 is 27.9 Å². The number of nitrogens with one attached hydrogen (secondary N) is 2. The number of amides is 2. The number of hydrogen-bond donors (Lipinski definition) is 3. The van der Waals surface area contributed by atoms with Gasteiger partial charge in [0.1, 0.15) is 5.92 Å². The molecular formula is C18H14F3IN2O3. The van der Waals surface area contributed by atoms with Gasteiger partial charge in [-0.3, -0.25) is 4.79 Å². The first-order valence-electron chi connectivity index (χ1n) is 7.86. The fourth-order valence-electron chi connectivity index (χ4n) is 3.11. The predicted molar refractivity (Wildman–Crippen MR) is 98.8 cm³/mol. The van der Waals surface area contributed by atoms with Crippen molar-refractivity contribution in [2.45, 2.75) is 17.9 Å². The normalized spacial score (nSPS) is 25.4. The molecule has 2 aromatic rings. The molecule has 142 valence electrons. The third-order valence-electron chi connectivity index (χ3n) is 4.39. The van der Waals surface area contributed by atoms with Gasteiger partial charge in [0.05, 0.1) is 6.04 Å². The fourth-order valence-corrected chi connectivity index (χ4v) is 3.83. The molecule has 9 heteroatoms. The topological polar surface area (TPSA) is 78.4 Å². The van der Waals surface area contributed by atoms with Gasteiger partial charge >= 0.3 is 12.2 Å². The smallest absolute Gasteiger partial charge is 0.363 e. The summed E-state index contributed by atoms with van der Waals surface area (Å²) in [5, 5.41) is 14.3. The molecule has 1 saturated heterocycles. The molecule has 27 heavy (non-hydrogen) atoms. The molecule has 3 atom stereocenters. The Labute approximate surface area is 166 Å². The Morgan fingerprint density at radius 2 is 1.67 bits per heavy atom. The van der Waals surface area contributed by atoms with E-state index < -0.39 is 35.7 Å². The molecule has 0 bridgehead atoms. The zero-order valence-corrected chi connectivity index (χ0v) is 15.8. The highest BCUT2D eigenvalue weighted by molar-refractivity contribution is 14.1. The maximum atomic E-state index is 13.8. The Kier molecular flexibility index (Phi) is 5.17. The summed E-state index contributed by atoms with van der Waals surface area (Å²) in [6, 6.07) is 11.2. The molecule has 0 spiro atoms. The van der Waals surface area contributed by atoms with Crippen molar-refractivity contribution in [3.63, 3.8) is 0 Å². The van der Waals surface area contributed by atoms with Crippen LogP contribution in [0.3, 0.4) is 0 Å². The van der Waals surface area contributed by atoms with Crippen LogP contribution in [0.1, 0.15) is 22.0 Å². The first-order chi connectivity index (χ1) is 12.6. The van der Waals surface area contributed by atoms with Gasteiger partial charge in [0, 0.05) is 9.13 Å². The van der Waals surface area contributed by atoms with E-state index in [1.807, 2.05) is 22.6 Å². The van der Waals surface area contributed by atoms with Gasteiger partial charge < -0.3 is 15.7 Å². The number of benzene rings is 2. The maximum Gasteiger partial charge on any atom is 0.437 e. The van der Waals surface area contributed by atoms with Crippen LogP contribution in [0.4, 0.5) is 18.0 Å². The molecule has 5 nitrogen and oxygen atoms in total. The molecule has 0 radical (unpaired) electrons. The summed E-state index contributed by atoms with van der Waals surface area (Å²) in [5.74, 6) is -2.96. The molecule has 3 N–H and O–H groups in total. The average molecular weight is 490 g/mol. The summed E-state index contributed by atoms with van der Waals surface area (Å²) < 4.78 is 41.9. The van der Waals surface area contributed by atoms with E-state index >= 15 is 0 Å². The molecular weight excluding hydrogens is 476 g/mol. The lowest BCUT2D eigenvalue weighted by atomic mass is 9.77. The highest BCUT2D eigenvalue weighted by Crippen LogP contribution is 2.44. The number of Topliss-reactive ketones (excluding diaryl/α,β-unsaturated/α-hetero) is 1. The van der Waals surface area contributed by atoms with Crippen molar-refractivity contribution in [2.75, 3.05) is 0 Å². The first kappa shape index (κ1) is 19.6. The van der Waals surface area contributed by atoms with Crippen molar-refractivity contribution >= 4 is 34.4 Å². The van der Waals surface area contributed by atoms with Gasteiger partial charge in [0.2, 0.25) is 5.72 Å². The minimum atomic E-state index is -5.27. The van der Waals surface area contributed by atoms with Crippen LogP contribution in [0.15, 0.2) is 54.6 Å². The van der Waals surface area contributed by atoms with Crippen LogP contribution in [-0.2, 0) is 0 Å². The summed E-state index contributed by atoms with van der Waals surface area (Å²) in [7, 11) is 0. The number of carbonyl (C=O) groups excluding carboxylic acids is 2. The molecule has 1 fully saturated rings. The zero-order valence-electron chi connectivity index (χ0n) is 13.6. The Morgan fingerprint density at radius 3 is 2.26 bits per heavy atom. The third kappa shape index (κ3) is 3.53. The lowest BCUT2D eigenvalue weighted by Gasteiger charge is -2.45. The highest BCUT2D eigenvalue weighted by atomic mass is 127. The SMILES string of the molecule is O=C1NC(c2ccccc2I)C(C(=O)c2ccccc2)C(O)(C(F)(F)F)N1. The second kappa shape index (κ2) is 7.12. The lowest BCUT2D eigenvalue weighted by molar-refractivity contribution is -0.287. The van der Waals surface area contributed by atoms with Crippen LogP contribution >= 0.6 is 22.6 Å². The second-order valence-corrected chi connectivity index (χ2v) is 7.23. The molecule has 1 heterocycles. The van der Waals surface area contributed by atoms with Crippen LogP contribution in [0.2, 0.25) is 0 Å². The van der Waals surface area contributed by atoms with Gasteiger partial charge in [0.25, 0.3) is 0 Å². The molecule has 1 aliphatic rings. The van der Waals surface area contributed by atoms with E-state index in [0.29, 0.717) is 9.13 Å². The highest BCUT2D eigenvalue weighted by Gasteiger charge is 2.66. The number of aliphatic hydroxyl groups is 1. The number of hydrogen-bond acceptors (Lipinski definition) is 3. The monoisotopic (exact) mass is 490 g/mol. The summed E-state index contributed by atoms with van der Waals surface area (Å²) >= 11 is 1.90. The van der Waals surface area contributed by atoms with E-state index in [0.717, 1.165) is 0 Å². The molecule has 0 aromatic heterocycles. The van der Waals surface area contributed by atoms with Gasteiger partial charge in [-0.05, 0) is 34.2 Å². The molecule has 2 amide bonds. The number of urea groups is 1. The van der Waals surface area contributed by atoms with Crippen LogP contribution in [0, 0.1) is 9.49 Å². The number of alkyl halides is 3. The van der Waals surface area contributed by atoms with Crippen LogP contribution in [0.25, 0.3) is 0 Å². The number of ketones is 1. The Bertz CT molecular complexity index is 876.